The summed E-state index contributed by atoms with van der Waals surface area (Å²) >= 11 is 1.36. The number of rotatable bonds is 3. The summed E-state index contributed by atoms with van der Waals surface area (Å²) in [6, 6.07) is 5.63. The number of nitrogens with one attached hydrogen (secondary N) is 1. The summed E-state index contributed by atoms with van der Waals surface area (Å²) in [5.74, 6) is 0. The lowest BCUT2D eigenvalue weighted by Gasteiger charge is -2.02. The van der Waals surface area contributed by atoms with Crippen LogP contribution in [-0.2, 0) is 13.1 Å². The molecular formula is C14H17N5OS. The van der Waals surface area contributed by atoms with E-state index in [9.17, 15) is 4.79 Å². The molecule has 0 spiro atoms. The minimum atomic E-state index is -0.00336. The van der Waals surface area contributed by atoms with Gasteiger partial charge in [0, 0.05) is 13.1 Å². The highest BCUT2D eigenvalue weighted by Gasteiger charge is 2.11. The Balaban J connectivity index is 2.62. The van der Waals surface area contributed by atoms with Gasteiger partial charge in [0.1, 0.15) is 0 Å². The minimum Gasteiger partial charge on any atom is -0.292 e. The van der Waals surface area contributed by atoms with Crippen LogP contribution < -0.4 is 11.0 Å². The van der Waals surface area contributed by atoms with Crippen molar-refractivity contribution in [1.82, 2.24) is 14.5 Å². The molecule has 0 unspecified atom stereocenters. The third-order valence-electron chi connectivity index (χ3n) is 3.22. The molecule has 1 heterocycles. The maximum atomic E-state index is 12.3. The largest absolute Gasteiger partial charge is 0.329 e. The number of hydrogen-bond acceptors (Lipinski definition) is 4. The first-order valence-corrected chi connectivity index (χ1v) is 7.89. The highest BCUT2D eigenvalue weighted by atomic mass is 32.2. The van der Waals surface area contributed by atoms with Crippen molar-refractivity contribution in [2.24, 2.45) is 4.99 Å². The highest BCUT2D eigenvalue weighted by Crippen LogP contribution is 2.22. The normalized spacial score (nSPS) is 11.6. The number of aryl methyl sites for hydroxylation is 2. The summed E-state index contributed by atoms with van der Waals surface area (Å²) in [6.07, 6.45) is 3.70. The topological polar surface area (TPSA) is 75.1 Å². The number of thioether (sulfide) groups is 1. The van der Waals surface area contributed by atoms with Gasteiger partial charge in [0.2, 0.25) is 0 Å². The summed E-state index contributed by atoms with van der Waals surface area (Å²) in [5, 5.41) is 11.7. The van der Waals surface area contributed by atoms with Crippen LogP contribution in [0.5, 0.6) is 0 Å². The number of imidazole rings is 1. The van der Waals surface area contributed by atoms with Gasteiger partial charge < -0.3 is 0 Å². The van der Waals surface area contributed by atoms with E-state index in [1.807, 2.05) is 44.5 Å². The minimum absolute atomic E-state index is 0.00336. The number of aliphatic imine (C=N–C) groups is 1. The molecule has 0 saturated heterocycles. The first-order valence-electron chi connectivity index (χ1n) is 6.67. The zero-order valence-corrected chi connectivity index (χ0v) is 13.1. The first kappa shape index (κ1) is 15.2. The number of aromatic nitrogens is 2. The molecule has 0 aliphatic rings. The van der Waals surface area contributed by atoms with Crippen molar-refractivity contribution < 1.29 is 0 Å². The Bertz CT molecular complexity index is 781. The van der Waals surface area contributed by atoms with E-state index in [-0.39, 0.29) is 5.69 Å². The molecule has 110 valence electrons. The Morgan fingerprint density at radius 3 is 2.57 bits per heavy atom. The summed E-state index contributed by atoms with van der Waals surface area (Å²) in [6.45, 7) is 5.15. The van der Waals surface area contributed by atoms with Gasteiger partial charge in [-0.3, -0.25) is 14.5 Å². The van der Waals surface area contributed by atoms with Crippen LogP contribution in [0.2, 0.25) is 0 Å². The number of nitrogens with zero attached hydrogens (tertiary/aromatic N) is 4. The lowest BCUT2D eigenvalue weighted by Crippen LogP contribution is -2.22. The second-order valence-corrected chi connectivity index (χ2v) is 5.10. The molecule has 0 atom stereocenters. The fourth-order valence-electron chi connectivity index (χ4n) is 2.28. The average molecular weight is 303 g/mol. The monoisotopic (exact) mass is 303 g/mol. The Kier molecular flexibility index (Phi) is 4.70. The number of amidine groups is 1. The quantitative estimate of drug-likeness (QED) is 0.408. The fraction of sp³-hybridized carbons (Fsp3) is 0.357. The van der Waals surface area contributed by atoms with Crippen LogP contribution in [0.1, 0.15) is 13.8 Å². The van der Waals surface area contributed by atoms with E-state index in [0.29, 0.717) is 23.9 Å². The van der Waals surface area contributed by atoms with Gasteiger partial charge >= 0.3 is 5.69 Å². The standard InChI is InChI=1S/C14H17N5OS/c1-4-18-11-7-6-10(17-13(21-3)16-9-15)8-12(11)19(5-2)14(18)20/h6-8H,4-5H2,1-3H3,(H,16,17). The molecule has 0 bridgehead atoms. The van der Waals surface area contributed by atoms with Gasteiger partial charge in [0.25, 0.3) is 0 Å². The van der Waals surface area contributed by atoms with E-state index < -0.39 is 0 Å². The summed E-state index contributed by atoms with van der Waals surface area (Å²) in [4.78, 5) is 16.7. The zero-order valence-electron chi connectivity index (χ0n) is 12.3. The molecule has 6 nitrogen and oxygen atoms in total. The summed E-state index contributed by atoms with van der Waals surface area (Å²) in [5.41, 5.74) is 2.48. The summed E-state index contributed by atoms with van der Waals surface area (Å²) in [7, 11) is 0. The second kappa shape index (κ2) is 6.50. The van der Waals surface area contributed by atoms with Crippen LogP contribution in [0, 0.1) is 11.5 Å². The fourth-order valence-corrected chi connectivity index (χ4v) is 2.62. The predicted octanol–water partition coefficient (Wildman–Crippen LogP) is 2.26. The molecule has 1 aromatic carbocycles. The number of hydrogen-bond donors (Lipinski definition) is 1. The van der Waals surface area contributed by atoms with E-state index in [0.717, 1.165) is 11.0 Å². The average Bonchev–Trinajstić information content (AvgIpc) is 2.76. The Labute approximate surface area is 127 Å². The summed E-state index contributed by atoms with van der Waals surface area (Å²) < 4.78 is 3.48. The van der Waals surface area contributed by atoms with Crippen LogP contribution in [0.3, 0.4) is 0 Å². The van der Waals surface area contributed by atoms with E-state index in [4.69, 9.17) is 5.26 Å². The van der Waals surface area contributed by atoms with Gasteiger partial charge in [-0.15, -0.1) is 0 Å². The van der Waals surface area contributed by atoms with Crippen LogP contribution in [0.4, 0.5) is 5.69 Å². The molecule has 0 radical (unpaired) electrons. The molecule has 0 aliphatic carbocycles. The van der Waals surface area contributed by atoms with E-state index in [2.05, 4.69) is 10.3 Å². The van der Waals surface area contributed by atoms with Crippen molar-refractivity contribution in [3.8, 4) is 6.19 Å². The van der Waals surface area contributed by atoms with Crippen molar-refractivity contribution >= 4 is 33.7 Å². The lowest BCUT2D eigenvalue weighted by atomic mass is 10.2. The molecular weight excluding hydrogens is 286 g/mol. The highest BCUT2D eigenvalue weighted by molar-refractivity contribution is 8.13. The lowest BCUT2D eigenvalue weighted by molar-refractivity contribution is 0.671. The van der Waals surface area contributed by atoms with Crippen molar-refractivity contribution in [2.45, 2.75) is 26.9 Å². The smallest absolute Gasteiger partial charge is 0.292 e. The molecule has 0 aliphatic heterocycles. The molecule has 0 saturated carbocycles. The maximum Gasteiger partial charge on any atom is 0.329 e. The van der Waals surface area contributed by atoms with Gasteiger partial charge in [-0.1, -0.05) is 11.8 Å². The zero-order chi connectivity index (χ0) is 15.4. The van der Waals surface area contributed by atoms with E-state index >= 15 is 0 Å². The van der Waals surface area contributed by atoms with Gasteiger partial charge in [-0.05, 0) is 38.3 Å². The molecule has 7 heteroatoms. The molecule has 21 heavy (non-hydrogen) atoms. The SMILES string of the molecule is CCn1c(=O)n(CC)c2cc(N=C(NC#N)SC)ccc21. The Morgan fingerprint density at radius 2 is 2.00 bits per heavy atom. The van der Waals surface area contributed by atoms with Gasteiger partial charge in [0.15, 0.2) is 11.4 Å². The predicted molar refractivity (Wildman–Crippen MR) is 86.9 cm³/mol. The molecule has 0 amide bonds. The van der Waals surface area contributed by atoms with Crippen LogP contribution in [-0.4, -0.2) is 20.6 Å². The van der Waals surface area contributed by atoms with Crippen molar-refractivity contribution in [1.29, 1.82) is 5.26 Å². The van der Waals surface area contributed by atoms with E-state index in [1.54, 1.807) is 9.13 Å². The Hall–Kier alpha value is -2.20. The van der Waals surface area contributed by atoms with Crippen molar-refractivity contribution in [2.75, 3.05) is 6.26 Å². The van der Waals surface area contributed by atoms with E-state index in [1.165, 1.54) is 11.8 Å². The van der Waals surface area contributed by atoms with Crippen LogP contribution in [0.25, 0.3) is 11.0 Å². The number of fused-ring (bicyclic) bond motifs is 1. The Morgan fingerprint density at radius 1 is 1.33 bits per heavy atom. The molecule has 2 rings (SSSR count). The maximum absolute atomic E-state index is 12.3. The van der Waals surface area contributed by atoms with Crippen molar-refractivity contribution in [3.05, 3.63) is 28.7 Å². The van der Waals surface area contributed by atoms with Gasteiger partial charge in [0.05, 0.1) is 16.7 Å². The van der Waals surface area contributed by atoms with Crippen LogP contribution in [0.15, 0.2) is 28.0 Å². The third-order valence-corrected chi connectivity index (χ3v) is 3.80. The van der Waals surface area contributed by atoms with Gasteiger partial charge in [-0.2, -0.15) is 5.26 Å². The first-order chi connectivity index (χ1) is 10.2. The second-order valence-electron chi connectivity index (χ2n) is 4.30. The molecule has 0 fully saturated rings. The number of benzene rings is 1. The van der Waals surface area contributed by atoms with Crippen molar-refractivity contribution in [3.63, 3.8) is 0 Å². The van der Waals surface area contributed by atoms with Gasteiger partial charge in [-0.25, -0.2) is 9.79 Å². The molecule has 2 aromatic rings. The number of nitriles is 1. The molecule has 1 aromatic heterocycles. The third kappa shape index (κ3) is 2.81. The van der Waals surface area contributed by atoms with Crippen LogP contribution >= 0.6 is 11.8 Å². The molecule has 1 N–H and O–H groups in total.